The summed E-state index contributed by atoms with van der Waals surface area (Å²) in [5.74, 6) is 1.33. The first-order valence-corrected chi connectivity index (χ1v) is 8.66. The maximum absolute atomic E-state index is 4.76. The maximum Gasteiger partial charge on any atom is 0.223 e. The Kier molecular flexibility index (Phi) is 4.24. The van der Waals surface area contributed by atoms with Crippen molar-refractivity contribution in [2.75, 3.05) is 25.0 Å². The van der Waals surface area contributed by atoms with Crippen LogP contribution in [0.5, 0.6) is 0 Å². The van der Waals surface area contributed by atoms with E-state index in [-0.39, 0.29) is 0 Å². The topological polar surface area (TPSA) is 69.7 Å². The van der Waals surface area contributed by atoms with Crippen LogP contribution in [0.2, 0.25) is 0 Å². The number of hydrogen-bond donors (Lipinski definition) is 2. The highest BCUT2D eigenvalue weighted by atomic mass is 15.2. The fourth-order valence-electron chi connectivity index (χ4n) is 3.28. The molecular formula is C17H24N6. The molecule has 0 aromatic carbocycles. The molecule has 1 saturated heterocycles. The lowest BCUT2D eigenvalue weighted by molar-refractivity contribution is 0.208. The number of nitrogens with one attached hydrogen (secondary N) is 2. The van der Waals surface area contributed by atoms with Gasteiger partial charge >= 0.3 is 0 Å². The molecule has 2 aliphatic rings. The fourth-order valence-corrected chi connectivity index (χ4v) is 3.28. The van der Waals surface area contributed by atoms with Gasteiger partial charge in [-0.1, -0.05) is 0 Å². The number of rotatable bonds is 6. The van der Waals surface area contributed by atoms with Crippen molar-refractivity contribution in [2.24, 2.45) is 0 Å². The lowest BCUT2D eigenvalue weighted by Crippen LogP contribution is -2.36. The van der Waals surface area contributed by atoms with E-state index in [1.54, 1.807) is 0 Å². The van der Waals surface area contributed by atoms with Gasteiger partial charge in [0.05, 0.1) is 11.9 Å². The van der Waals surface area contributed by atoms with Crippen molar-refractivity contribution in [1.29, 1.82) is 0 Å². The molecule has 1 unspecified atom stereocenters. The molecule has 6 nitrogen and oxygen atoms in total. The highest BCUT2D eigenvalue weighted by molar-refractivity contribution is 5.30. The molecule has 122 valence electrons. The standard InChI is InChI=1S/C17H24N6/c1-2-14(12-23(8-1)9-6-13-10-19-20-11-13)16-5-7-18-17(22-16)21-15-3-4-15/h5,7,10-11,14-15H,1-4,6,8-9,12H2,(H,19,20)(H,18,21,22). The molecule has 1 aliphatic heterocycles. The maximum atomic E-state index is 4.76. The Morgan fingerprint density at radius 3 is 3.09 bits per heavy atom. The van der Waals surface area contributed by atoms with Gasteiger partial charge in [0.1, 0.15) is 0 Å². The Balaban J connectivity index is 1.36. The minimum absolute atomic E-state index is 0.524. The van der Waals surface area contributed by atoms with E-state index in [1.165, 1.54) is 43.5 Å². The van der Waals surface area contributed by atoms with Gasteiger partial charge in [0.15, 0.2) is 0 Å². The first-order chi connectivity index (χ1) is 11.4. The molecule has 23 heavy (non-hydrogen) atoms. The van der Waals surface area contributed by atoms with Crippen molar-refractivity contribution in [3.63, 3.8) is 0 Å². The average molecular weight is 312 g/mol. The van der Waals surface area contributed by atoms with Gasteiger partial charge in [-0.25, -0.2) is 9.97 Å². The first kappa shape index (κ1) is 14.6. The molecule has 6 heteroatoms. The van der Waals surface area contributed by atoms with Gasteiger partial charge in [-0.05, 0) is 50.3 Å². The third-order valence-electron chi connectivity index (χ3n) is 4.78. The summed E-state index contributed by atoms with van der Waals surface area (Å²) in [6.07, 6.45) is 11.8. The molecule has 2 aromatic rings. The lowest BCUT2D eigenvalue weighted by atomic mass is 9.94. The van der Waals surface area contributed by atoms with Crippen LogP contribution in [0.15, 0.2) is 24.7 Å². The fraction of sp³-hybridized carbons (Fsp3) is 0.588. The molecule has 1 aliphatic carbocycles. The van der Waals surface area contributed by atoms with Crippen LogP contribution in [0.1, 0.15) is 42.9 Å². The number of piperidine rings is 1. The zero-order valence-electron chi connectivity index (χ0n) is 13.4. The van der Waals surface area contributed by atoms with E-state index in [1.807, 2.05) is 18.6 Å². The predicted octanol–water partition coefficient (Wildman–Crippen LogP) is 2.20. The zero-order valence-corrected chi connectivity index (χ0v) is 13.4. The second kappa shape index (κ2) is 6.66. The van der Waals surface area contributed by atoms with Gasteiger partial charge in [-0.2, -0.15) is 5.10 Å². The van der Waals surface area contributed by atoms with Gasteiger partial charge in [0.25, 0.3) is 0 Å². The van der Waals surface area contributed by atoms with Gasteiger partial charge < -0.3 is 10.2 Å². The van der Waals surface area contributed by atoms with Gasteiger partial charge in [-0.15, -0.1) is 0 Å². The Hall–Kier alpha value is -1.95. The van der Waals surface area contributed by atoms with Gasteiger partial charge in [-0.3, -0.25) is 5.10 Å². The summed E-state index contributed by atoms with van der Waals surface area (Å²) < 4.78 is 0. The van der Waals surface area contributed by atoms with E-state index in [4.69, 9.17) is 4.98 Å². The molecule has 4 rings (SSSR count). The van der Waals surface area contributed by atoms with Crippen LogP contribution in [0.4, 0.5) is 5.95 Å². The van der Waals surface area contributed by atoms with Crippen LogP contribution < -0.4 is 5.32 Å². The van der Waals surface area contributed by atoms with Crippen LogP contribution in [0, 0.1) is 0 Å². The number of H-pyrrole nitrogens is 1. The molecule has 0 radical (unpaired) electrons. The predicted molar refractivity (Wildman–Crippen MR) is 89.4 cm³/mol. The third kappa shape index (κ3) is 3.88. The molecule has 1 saturated carbocycles. The molecule has 3 heterocycles. The summed E-state index contributed by atoms with van der Waals surface area (Å²) in [7, 11) is 0. The summed E-state index contributed by atoms with van der Waals surface area (Å²) in [5, 5.41) is 10.3. The number of aromatic amines is 1. The largest absolute Gasteiger partial charge is 0.351 e. The number of aromatic nitrogens is 4. The highest BCUT2D eigenvalue weighted by Crippen LogP contribution is 2.27. The molecule has 2 aromatic heterocycles. The van der Waals surface area contributed by atoms with Crippen LogP contribution >= 0.6 is 0 Å². The summed E-state index contributed by atoms with van der Waals surface area (Å²) in [6.45, 7) is 3.37. The first-order valence-electron chi connectivity index (χ1n) is 8.66. The Morgan fingerprint density at radius 2 is 2.26 bits per heavy atom. The summed E-state index contributed by atoms with van der Waals surface area (Å²) in [5.41, 5.74) is 2.47. The van der Waals surface area contributed by atoms with Crippen molar-refractivity contribution in [3.8, 4) is 0 Å². The third-order valence-corrected chi connectivity index (χ3v) is 4.78. The summed E-state index contributed by atoms with van der Waals surface area (Å²) >= 11 is 0. The molecular weight excluding hydrogens is 288 g/mol. The van der Waals surface area contributed by atoms with Crippen LogP contribution in [-0.2, 0) is 6.42 Å². The lowest BCUT2D eigenvalue weighted by Gasteiger charge is -2.32. The average Bonchev–Trinajstić information content (AvgIpc) is 3.25. The Labute approximate surface area is 136 Å². The Morgan fingerprint density at radius 1 is 1.30 bits per heavy atom. The van der Waals surface area contributed by atoms with Crippen molar-refractivity contribution in [3.05, 3.63) is 35.9 Å². The zero-order chi connectivity index (χ0) is 15.5. The van der Waals surface area contributed by atoms with E-state index in [0.717, 1.165) is 25.5 Å². The second-order valence-electron chi connectivity index (χ2n) is 6.72. The quantitative estimate of drug-likeness (QED) is 0.856. The summed E-state index contributed by atoms with van der Waals surface area (Å²) in [6, 6.07) is 2.69. The summed E-state index contributed by atoms with van der Waals surface area (Å²) in [4.78, 5) is 11.7. The molecule has 2 fully saturated rings. The van der Waals surface area contributed by atoms with E-state index in [9.17, 15) is 0 Å². The van der Waals surface area contributed by atoms with E-state index in [2.05, 4.69) is 31.5 Å². The van der Waals surface area contributed by atoms with E-state index in [0.29, 0.717) is 12.0 Å². The normalized spacial score (nSPS) is 22.2. The monoisotopic (exact) mass is 312 g/mol. The second-order valence-corrected chi connectivity index (χ2v) is 6.72. The SMILES string of the molecule is c1cc(C2CCCN(CCc3cn[nH]c3)C2)nc(NC2CC2)n1. The van der Waals surface area contributed by atoms with E-state index >= 15 is 0 Å². The van der Waals surface area contributed by atoms with Crippen molar-refractivity contribution in [2.45, 2.75) is 44.1 Å². The minimum atomic E-state index is 0.524. The van der Waals surface area contributed by atoms with Crippen molar-refractivity contribution in [1.82, 2.24) is 25.1 Å². The molecule has 0 bridgehead atoms. The number of nitrogens with zero attached hydrogens (tertiary/aromatic N) is 4. The number of hydrogen-bond acceptors (Lipinski definition) is 5. The minimum Gasteiger partial charge on any atom is -0.351 e. The van der Waals surface area contributed by atoms with Gasteiger partial charge in [0.2, 0.25) is 5.95 Å². The number of likely N-dealkylation sites (tertiary alicyclic amines) is 1. The smallest absolute Gasteiger partial charge is 0.223 e. The molecule has 0 amide bonds. The van der Waals surface area contributed by atoms with Crippen LogP contribution in [0.25, 0.3) is 0 Å². The van der Waals surface area contributed by atoms with Crippen LogP contribution in [-0.4, -0.2) is 50.7 Å². The Bertz CT molecular complexity index is 622. The van der Waals surface area contributed by atoms with Crippen molar-refractivity contribution >= 4 is 5.95 Å². The van der Waals surface area contributed by atoms with Crippen LogP contribution in [0.3, 0.4) is 0 Å². The highest BCUT2D eigenvalue weighted by Gasteiger charge is 2.24. The number of anilines is 1. The molecule has 1 atom stereocenters. The van der Waals surface area contributed by atoms with E-state index < -0.39 is 0 Å². The van der Waals surface area contributed by atoms with Crippen molar-refractivity contribution < 1.29 is 0 Å². The molecule has 2 N–H and O–H groups in total. The molecule has 0 spiro atoms. The van der Waals surface area contributed by atoms with Gasteiger partial charge in [0, 0.05) is 37.4 Å².